The predicted molar refractivity (Wildman–Crippen MR) is 82.2 cm³/mol. The summed E-state index contributed by atoms with van der Waals surface area (Å²) in [4.78, 5) is 0. The number of aryl methyl sites for hydroxylation is 1. The number of phenolic OH excluding ortho intramolecular Hbond substituents is 1. The molecule has 0 aromatic heterocycles. The first kappa shape index (κ1) is 14.1. The standard InChI is InChI=1S/C16H18BrNO/c1-11-5-3-7-14(16(11)19)10-18-12(2)13-6-4-8-15(17)9-13/h3-9,12,18-19H,10H2,1-2H3/t12-/m0/s1. The van der Waals surface area contributed by atoms with E-state index in [0.717, 1.165) is 15.6 Å². The number of para-hydroxylation sites is 1. The lowest BCUT2D eigenvalue weighted by molar-refractivity contribution is 0.456. The molecule has 19 heavy (non-hydrogen) atoms. The van der Waals surface area contributed by atoms with Gasteiger partial charge in [-0.05, 0) is 37.1 Å². The van der Waals surface area contributed by atoms with Gasteiger partial charge in [-0.2, -0.15) is 0 Å². The monoisotopic (exact) mass is 319 g/mol. The van der Waals surface area contributed by atoms with Gasteiger partial charge < -0.3 is 10.4 Å². The second kappa shape index (κ2) is 6.22. The first-order valence-corrected chi connectivity index (χ1v) is 7.13. The zero-order valence-electron chi connectivity index (χ0n) is 11.2. The molecule has 2 rings (SSSR count). The van der Waals surface area contributed by atoms with Crippen molar-refractivity contribution >= 4 is 15.9 Å². The Bertz CT molecular complexity index is 568. The highest BCUT2D eigenvalue weighted by Gasteiger charge is 2.08. The average molecular weight is 320 g/mol. The summed E-state index contributed by atoms with van der Waals surface area (Å²) >= 11 is 3.48. The number of rotatable bonds is 4. The van der Waals surface area contributed by atoms with Crippen molar-refractivity contribution in [3.63, 3.8) is 0 Å². The molecule has 0 spiro atoms. The predicted octanol–water partition coefficient (Wildman–Crippen LogP) is 4.31. The van der Waals surface area contributed by atoms with Gasteiger partial charge in [0.25, 0.3) is 0 Å². The Labute approximate surface area is 122 Å². The number of halogens is 1. The summed E-state index contributed by atoms with van der Waals surface area (Å²) in [6, 6.07) is 14.3. The lowest BCUT2D eigenvalue weighted by Crippen LogP contribution is -2.18. The van der Waals surface area contributed by atoms with Gasteiger partial charge in [0.05, 0.1) is 0 Å². The van der Waals surface area contributed by atoms with Gasteiger partial charge in [0, 0.05) is 22.6 Å². The van der Waals surface area contributed by atoms with Gasteiger partial charge in [0.1, 0.15) is 5.75 Å². The summed E-state index contributed by atoms with van der Waals surface area (Å²) in [6.07, 6.45) is 0. The number of aromatic hydroxyl groups is 1. The van der Waals surface area contributed by atoms with E-state index in [0.29, 0.717) is 12.3 Å². The Morgan fingerprint density at radius 1 is 1.21 bits per heavy atom. The molecule has 0 bridgehead atoms. The molecular formula is C16H18BrNO. The molecule has 0 aliphatic carbocycles. The Balaban J connectivity index is 2.04. The molecule has 2 aromatic carbocycles. The fourth-order valence-electron chi connectivity index (χ4n) is 2.02. The third kappa shape index (κ3) is 3.58. The van der Waals surface area contributed by atoms with E-state index in [-0.39, 0.29) is 6.04 Å². The van der Waals surface area contributed by atoms with Crippen molar-refractivity contribution in [2.24, 2.45) is 0 Å². The van der Waals surface area contributed by atoms with Crippen LogP contribution in [0.25, 0.3) is 0 Å². The van der Waals surface area contributed by atoms with Crippen LogP contribution in [0.3, 0.4) is 0 Å². The molecule has 2 nitrogen and oxygen atoms in total. The second-order valence-corrected chi connectivity index (χ2v) is 5.66. The number of phenols is 1. The molecule has 0 saturated heterocycles. The minimum absolute atomic E-state index is 0.234. The van der Waals surface area contributed by atoms with Gasteiger partial charge in [-0.3, -0.25) is 0 Å². The number of hydrogen-bond acceptors (Lipinski definition) is 2. The van der Waals surface area contributed by atoms with E-state index >= 15 is 0 Å². The fourth-order valence-corrected chi connectivity index (χ4v) is 2.44. The van der Waals surface area contributed by atoms with Crippen molar-refractivity contribution in [2.45, 2.75) is 26.4 Å². The molecule has 0 heterocycles. The van der Waals surface area contributed by atoms with Crippen molar-refractivity contribution in [3.05, 3.63) is 63.6 Å². The molecule has 0 amide bonds. The Hall–Kier alpha value is -1.32. The van der Waals surface area contributed by atoms with E-state index in [9.17, 15) is 5.11 Å². The molecule has 0 aliphatic heterocycles. The van der Waals surface area contributed by atoms with Crippen LogP contribution in [-0.4, -0.2) is 5.11 Å². The van der Waals surface area contributed by atoms with Crippen molar-refractivity contribution < 1.29 is 5.11 Å². The molecule has 3 heteroatoms. The summed E-state index contributed by atoms with van der Waals surface area (Å²) in [7, 11) is 0. The highest BCUT2D eigenvalue weighted by Crippen LogP contribution is 2.23. The smallest absolute Gasteiger partial charge is 0.122 e. The topological polar surface area (TPSA) is 32.3 Å². The zero-order chi connectivity index (χ0) is 13.8. The first-order valence-electron chi connectivity index (χ1n) is 6.34. The number of benzene rings is 2. The Morgan fingerprint density at radius 2 is 1.95 bits per heavy atom. The number of hydrogen-bond donors (Lipinski definition) is 2. The highest BCUT2D eigenvalue weighted by molar-refractivity contribution is 9.10. The third-order valence-corrected chi connectivity index (χ3v) is 3.76. The van der Waals surface area contributed by atoms with E-state index in [1.807, 2.05) is 37.3 Å². The van der Waals surface area contributed by atoms with E-state index in [4.69, 9.17) is 0 Å². The van der Waals surface area contributed by atoms with Gasteiger partial charge in [-0.1, -0.05) is 46.3 Å². The van der Waals surface area contributed by atoms with Crippen LogP contribution in [0.15, 0.2) is 46.9 Å². The van der Waals surface area contributed by atoms with Crippen LogP contribution in [0.5, 0.6) is 5.75 Å². The first-order chi connectivity index (χ1) is 9.08. The van der Waals surface area contributed by atoms with E-state index in [2.05, 4.69) is 40.3 Å². The zero-order valence-corrected chi connectivity index (χ0v) is 12.7. The van der Waals surface area contributed by atoms with E-state index in [1.54, 1.807) is 0 Å². The summed E-state index contributed by atoms with van der Waals surface area (Å²) in [5, 5.41) is 13.4. The molecule has 2 N–H and O–H groups in total. The van der Waals surface area contributed by atoms with E-state index < -0.39 is 0 Å². The Kier molecular flexibility index (Phi) is 4.61. The molecule has 0 saturated carbocycles. The summed E-state index contributed by atoms with van der Waals surface area (Å²) in [5.74, 6) is 0.386. The molecule has 0 radical (unpaired) electrons. The molecule has 1 atom stereocenters. The maximum Gasteiger partial charge on any atom is 0.122 e. The Morgan fingerprint density at radius 3 is 2.68 bits per heavy atom. The molecule has 2 aromatic rings. The molecule has 100 valence electrons. The van der Waals surface area contributed by atoms with Crippen molar-refractivity contribution in [1.82, 2.24) is 5.32 Å². The summed E-state index contributed by atoms with van der Waals surface area (Å²) in [5.41, 5.74) is 3.07. The van der Waals surface area contributed by atoms with Crippen LogP contribution in [0.4, 0.5) is 0 Å². The van der Waals surface area contributed by atoms with Crippen LogP contribution < -0.4 is 5.32 Å². The molecule has 0 fully saturated rings. The summed E-state index contributed by atoms with van der Waals surface area (Å²) < 4.78 is 1.08. The van der Waals surface area contributed by atoms with Crippen LogP contribution in [0.2, 0.25) is 0 Å². The molecule has 0 unspecified atom stereocenters. The van der Waals surface area contributed by atoms with Gasteiger partial charge in [-0.15, -0.1) is 0 Å². The lowest BCUT2D eigenvalue weighted by atomic mass is 10.1. The third-order valence-electron chi connectivity index (χ3n) is 3.27. The van der Waals surface area contributed by atoms with Crippen LogP contribution in [0, 0.1) is 6.92 Å². The van der Waals surface area contributed by atoms with Gasteiger partial charge in [-0.25, -0.2) is 0 Å². The minimum Gasteiger partial charge on any atom is -0.507 e. The quantitative estimate of drug-likeness (QED) is 0.879. The van der Waals surface area contributed by atoms with Crippen molar-refractivity contribution in [1.29, 1.82) is 0 Å². The number of nitrogens with one attached hydrogen (secondary N) is 1. The average Bonchev–Trinajstić information content (AvgIpc) is 2.40. The van der Waals surface area contributed by atoms with Gasteiger partial charge in [0.2, 0.25) is 0 Å². The minimum atomic E-state index is 0.234. The SMILES string of the molecule is Cc1cccc(CN[C@@H](C)c2cccc(Br)c2)c1O. The van der Waals surface area contributed by atoms with Crippen LogP contribution in [-0.2, 0) is 6.54 Å². The van der Waals surface area contributed by atoms with Crippen molar-refractivity contribution in [2.75, 3.05) is 0 Å². The normalized spacial score (nSPS) is 12.4. The fraction of sp³-hybridized carbons (Fsp3) is 0.250. The van der Waals surface area contributed by atoms with Gasteiger partial charge in [0.15, 0.2) is 0 Å². The van der Waals surface area contributed by atoms with Crippen molar-refractivity contribution in [3.8, 4) is 5.75 Å². The molecule has 0 aliphatic rings. The highest BCUT2D eigenvalue weighted by atomic mass is 79.9. The second-order valence-electron chi connectivity index (χ2n) is 4.74. The van der Waals surface area contributed by atoms with Crippen LogP contribution >= 0.6 is 15.9 Å². The van der Waals surface area contributed by atoms with Crippen LogP contribution in [0.1, 0.15) is 29.7 Å². The maximum absolute atomic E-state index is 9.98. The maximum atomic E-state index is 9.98. The van der Waals surface area contributed by atoms with E-state index in [1.165, 1.54) is 5.56 Å². The molecular weight excluding hydrogens is 302 g/mol. The van der Waals surface area contributed by atoms with Gasteiger partial charge >= 0.3 is 0 Å². The lowest BCUT2D eigenvalue weighted by Gasteiger charge is -2.15. The largest absolute Gasteiger partial charge is 0.507 e. The summed E-state index contributed by atoms with van der Waals surface area (Å²) in [6.45, 7) is 4.69.